The van der Waals surface area contributed by atoms with E-state index in [1.165, 1.54) is 23.5 Å². The molecule has 44 heavy (non-hydrogen) atoms. The number of halogens is 4. The number of aromatic amines is 2. The van der Waals surface area contributed by atoms with Crippen LogP contribution in [0.25, 0.3) is 40.9 Å². The standard InChI is InChI=1S/C29H18F4N4O4S3/c1-8-6-10(24(30)31)34-28-13(8)18-22(43-28)20(38)16(26(40)36-18)15(12-4-3-5-42-12)17-21(39)23-19(37-27(17)41)14-9(2)7-11(25(32)33)35-29(14)44-23/h3-7,15,24-25H,1-2H3,(H2,36,38,40)(H2,37,39,41). The Bertz CT molecular complexity index is 2260. The van der Waals surface area contributed by atoms with E-state index in [0.717, 1.165) is 22.7 Å². The molecule has 0 unspecified atom stereocenters. The van der Waals surface area contributed by atoms with Crippen LogP contribution in [0.15, 0.2) is 39.2 Å². The van der Waals surface area contributed by atoms with Crippen molar-refractivity contribution in [2.75, 3.05) is 0 Å². The van der Waals surface area contributed by atoms with Crippen molar-refractivity contribution >= 4 is 74.9 Å². The molecular weight excluding hydrogens is 641 g/mol. The van der Waals surface area contributed by atoms with Gasteiger partial charge in [-0.1, -0.05) is 6.07 Å². The molecule has 0 fully saturated rings. The molecule has 15 heteroatoms. The van der Waals surface area contributed by atoms with Crippen LogP contribution in [-0.4, -0.2) is 30.1 Å². The van der Waals surface area contributed by atoms with Crippen molar-refractivity contribution in [2.45, 2.75) is 32.6 Å². The average Bonchev–Trinajstić information content (AvgIpc) is 3.70. The monoisotopic (exact) mass is 658 g/mol. The Kier molecular flexibility index (Phi) is 6.53. The highest BCUT2D eigenvalue weighted by Crippen LogP contribution is 2.48. The number of aryl methyl sites for hydroxylation is 2. The maximum absolute atomic E-state index is 13.7. The number of alkyl halides is 4. The van der Waals surface area contributed by atoms with E-state index < -0.39 is 52.8 Å². The van der Waals surface area contributed by atoms with Gasteiger partial charge in [0.05, 0.1) is 37.5 Å². The number of rotatable bonds is 5. The summed E-state index contributed by atoms with van der Waals surface area (Å²) in [5.74, 6) is -2.24. The fourth-order valence-corrected chi connectivity index (χ4v) is 8.84. The number of aromatic nitrogens is 4. The summed E-state index contributed by atoms with van der Waals surface area (Å²) in [4.78, 5) is 41.8. The first-order chi connectivity index (χ1) is 21.0. The minimum Gasteiger partial charge on any atom is -0.506 e. The summed E-state index contributed by atoms with van der Waals surface area (Å²) < 4.78 is 54.2. The van der Waals surface area contributed by atoms with Crippen LogP contribution in [0.4, 0.5) is 17.6 Å². The number of hydrogen-bond acceptors (Lipinski definition) is 9. The van der Waals surface area contributed by atoms with Crippen LogP contribution in [0.3, 0.4) is 0 Å². The second-order valence-corrected chi connectivity index (χ2v) is 13.2. The van der Waals surface area contributed by atoms with Crippen molar-refractivity contribution in [3.05, 3.63) is 88.9 Å². The van der Waals surface area contributed by atoms with E-state index in [1.807, 2.05) is 0 Å². The molecule has 7 aromatic rings. The first-order valence-corrected chi connectivity index (χ1v) is 15.4. The summed E-state index contributed by atoms with van der Waals surface area (Å²) >= 11 is 3.00. The van der Waals surface area contributed by atoms with Crippen molar-refractivity contribution in [2.24, 2.45) is 0 Å². The topological polar surface area (TPSA) is 132 Å². The first kappa shape index (κ1) is 28.4. The van der Waals surface area contributed by atoms with Gasteiger partial charge in [-0.25, -0.2) is 27.5 Å². The lowest BCUT2D eigenvalue weighted by molar-refractivity contribution is 0.146. The highest BCUT2D eigenvalue weighted by atomic mass is 32.1. The average molecular weight is 659 g/mol. The van der Waals surface area contributed by atoms with Crippen molar-refractivity contribution < 1.29 is 27.8 Å². The third-order valence-electron chi connectivity index (χ3n) is 7.52. The van der Waals surface area contributed by atoms with E-state index in [0.29, 0.717) is 26.8 Å². The molecule has 7 rings (SSSR count). The number of H-pyrrole nitrogens is 2. The van der Waals surface area contributed by atoms with Gasteiger partial charge in [0.25, 0.3) is 24.0 Å². The van der Waals surface area contributed by atoms with Crippen LogP contribution in [0.2, 0.25) is 0 Å². The zero-order valence-corrected chi connectivity index (χ0v) is 24.9. The quantitative estimate of drug-likeness (QED) is 0.140. The second kappa shape index (κ2) is 10.1. The third kappa shape index (κ3) is 4.13. The van der Waals surface area contributed by atoms with Crippen molar-refractivity contribution in [3.8, 4) is 11.5 Å². The van der Waals surface area contributed by atoms with Gasteiger partial charge >= 0.3 is 0 Å². The fraction of sp³-hybridized carbons (Fsp3) is 0.172. The molecule has 0 aliphatic carbocycles. The lowest BCUT2D eigenvalue weighted by Gasteiger charge is -2.18. The van der Waals surface area contributed by atoms with E-state index >= 15 is 0 Å². The summed E-state index contributed by atoms with van der Waals surface area (Å²) in [5.41, 5.74) is -1.63. The summed E-state index contributed by atoms with van der Waals surface area (Å²) in [7, 11) is 0. The Hall–Kier alpha value is -4.34. The molecule has 0 spiro atoms. The van der Waals surface area contributed by atoms with Crippen molar-refractivity contribution in [1.29, 1.82) is 0 Å². The van der Waals surface area contributed by atoms with Gasteiger partial charge in [0.15, 0.2) is 0 Å². The zero-order chi connectivity index (χ0) is 31.2. The number of nitrogens with zero attached hydrogens (tertiary/aromatic N) is 2. The van der Waals surface area contributed by atoms with E-state index in [9.17, 15) is 37.4 Å². The van der Waals surface area contributed by atoms with Crippen LogP contribution in [0, 0.1) is 13.8 Å². The number of fused-ring (bicyclic) bond motifs is 6. The van der Waals surface area contributed by atoms with Crippen molar-refractivity contribution in [1.82, 2.24) is 19.9 Å². The molecule has 0 saturated carbocycles. The lowest BCUT2D eigenvalue weighted by atomic mass is 9.89. The van der Waals surface area contributed by atoms with E-state index in [2.05, 4.69) is 19.9 Å². The van der Waals surface area contributed by atoms with Crippen LogP contribution in [0.5, 0.6) is 11.5 Å². The molecule has 0 atom stereocenters. The van der Waals surface area contributed by atoms with E-state index in [-0.39, 0.29) is 41.2 Å². The van der Waals surface area contributed by atoms with E-state index in [1.54, 1.807) is 31.4 Å². The summed E-state index contributed by atoms with van der Waals surface area (Å²) in [6.07, 6.45) is -5.65. The van der Waals surface area contributed by atoms with Crippen LogP contribution in [-0.2, 0) is 0 Å². The second-order valence-electron chi connectivity index (χ2n) is 10.2. The molecule has 7 heterocycles. The fourth-order valence-electron chi connectivity index (χ4n) is 5.65. The Balaban J connectivity index is 1.53. The molecule has 4 N–H and O–H groups in total. The minimum atomic E-state index is -2.82. The molecule has 0 aromatic carbocycles. The van der Waals surface area contributed by atoms with Gasteiger partial charge in [-0.3, -0.25) is 9.59 Å². The Morgan fingerprint density at radius 3 is 1.61 bits per heavy atom. The van der Waals surface area contributed by atoms with Crippen LogP contribution in [0.1, 0.15) is 57.3 Å². The predicted octanol–water partition coefficient (Wildman–Crippen LogP) is 7.73. The molecule has 0 amide bonds. The van der Waals surface area contributed by atoms with Crippen molar-refractivity contribution in [3.63, 3.8) is 0 Å². The number of hydrogen-bond donors (Lipinski definition) is 4. The zero-order valence-electron chi connectivity index (χ0n) is 22.5. The number of thiophene rings is 3. The number of nitrogens with one attached hydrogen (secondary N) is 2. The Morgan fingerprint density at radius 2 is 1.23 bits per heavy atom. The van der Waals surface area contributed by atoms with Gasteiger partial charge in [-0.05, 0) is 48.6 Å². The van der Waals surface area contributed by atoms with Crippen LogP contribution < -0.4 is 11.1 Å². The van der Waals surface area contributed by atoms with Crippen LogP contribution >= 0.6 is 34.0 Å². The maximum Gasteiger partial charge on any atom is 0.280 e. The Labute approximate surface area is 254 Å². The van der Waals surface area contributed by atoms with E-state index in [4.69, 9.17) is 0 Å². The summed E-state index contributed by atoms with van der Waals surface area (Å²) in [5, 5.41) is 25.7. The van der Waals surface area contributed by atoms with Gasteiger partial charge in [0.2, 0.25) is 0 Å². The largest absolute Gasteiger partial charge is 0.506 e. The molecule has 7 aromatic heterocycles. The Morgan fingerprint density at radius 1 is 0.773 bits per heavy atom. The molecular formula is C29H18F4N4O4S3. The molecule has 224 valence electrons. The molecule has 0 aliphatic rings. The molecule has 0 radical (unpaired) electrons. The van der Waals surface area contributed by atoms with Gasteiger partial charge in [0.1, 0.15) is 32.5 Å². The highest BCUT2D eigenvalue weighted by molar-refractivity contribution is 7.26. The molecule has 0 bridgehead atoms. The molecule has 8 nitrogen and oxygen atoms in total. The number of pyridine rings is 4. The molecule has 0 saturated heterocycles. The predicted molar refractivity (Wildman–Crippen MR) is 163 cm³/mol. The smallest absolute Gasteiger partial charge is 0.280 e. The normalized spacial score (nSPS) is 12.4. The summed E-state index contributed by atoms with van der Waals surface area (Å²) in [6.45, 7) is 3.19. The first-order valence-electron chi connectivity index (χ1n) is 12.9. The summed E-state index contributed by atoms with van der Waals surface area (Å²) in [6, 6.07) is 5.75. The SMILES string of the molecule is Cc1cc(C(F)F)nc2sc3c(O)c(C(c4cccs4)c4c(O)c5sc6nc(C(F)F)cc(C)c6c5[nH]c4=O)c(=O)[nH]c3c12. The molecule has 0 aliphatic heterocycles. The maximum atomic E-state index is 13.7. The minimum absolute atomic E-state index is 0.163. The van der Waals surface area contributed by atoms with Gasteiger partial charge in [-0.15, -0.1) is 34.0 Å². The van der Waals surface area contributed by atoms with Gasteiger partial charge in [0, 0.05) is 15.6 Å². The van der Waals surface area contributed by atoms with Gasteiger partial charge in [-0.2, -0.15) is 0 Å². The third-order valence-corrected chi connectivity index (χ3v) is 10.6. The van der Waals surface area contributed by atoms with Gasteiger partial charge < -0.3 is 20.2 Å². The number of aromatic hydroxyl groups is 2. The lowest BCUT2D eigenvalue weighted by Crippen LogP contribution is -2.23. The highest BCUT2D eigenvalue weighted by Gasteiger charge is 2.33.